The van der Waals surface area contributed by atoms with E-state index in [-0.39, 0.29) is 5.91 Å². The molecule has 0 saturated carbocycles. The molecule has 1 amide bonds. The van der Waals surface area contributed by atoms with Gasteiger partial charge in [-0.15, -0.1) is 0 Å². The molecule has 1 aromatic carbocycles. The van der Waals surface area contributed by atoms with Gasteiger partial charge in [-0.05, 0) is 5.56 Å². The molecule has 0 atom stereocenters. The predicted molar refractivity (Wildman–Crippen MR) is 43.7 cm³/mol. The fourth-order valence-corrected chi connectivity index (χ4v) is 0.734. The summed E-state index contributed by atoms with van der Waals surface area (Å²) in [6, 6.07) is 9.64. The number of carbonyl (C=O) groups excluding carboxylic acids is 1. The highest BCUT2D eigenvalue weighted by Crippen LogP contribution is 1.98. The van der Waals surface area contributed by atoms with Crippen LogP contribution in [0.4, 0.5) is 0 Å². The van der Waals surface area contributed by atoms with E-state index in [1.165, 1.54) is 6.92 Å². The lowest BCUT2D eigenvalue weighted by Crippen LogP contribution is -2.16. The number of hydrogen-bond donors (Lipinski definition) is 1. The van der Waals surface area contributed by atoms with Crippen molar-refractivity contribution in [3.63, 3.8) is 0 Å². The Balaban J connectivity index is 2.45. The van der Waals surface area contributed by atoms with E-state index in [9.17, 15) is 4.79 Å². The molecule has 2 heteroatoms. The Labute approximate surface area is 66.2 Å². The van der Waals surface area contributed by atoms with E-state index in [2.05, 4.69) is 5.32 Å². The highest BCUT2D eigenvalue weighted by atomic mass is 16.1. The van der Waals surface area contributed by atoms with Gasteiger partial charge in [-0.2, -0.15) is 0 Å². The summed E-state index contributed by atoms with van der Waals surface area (Å²) in [6.45, 7) is 3.17. The Hall–Kier alpha value is -1.31. The summed E-state index contributed by atoms with van der Waals surface area (Å²) in [7, 11) is 0. The van der Waals surface area contributed by atoms with E-state index in [1.54, 1.807) is 6.54 Å². The van der Waals surface area contributed by atoms with E-state index in [1.807, 2.05) is 30.3 Å². The number of carbonyl (C=O) groups is 1. The molecule has 0 fully saturated rings. The van der Waals surface area contributed by atoms with Gasteiger partial charge in [0.15, 0.2) is 0 Å². The second-order valence-electron chi connectivity index (χ2n) is 2.26. The number of rotatable bonds is 2. The molecule has 57 valence electrons. The maximum atomic E-state index is 10.5. The van der Waals surface area contributed by atoms with Crippen molar-refractivity contribution in [3.05, 3.63) is 42.4 Å². The molecule has 0 aliphatic carbocycles. The van der Waals surface area contributed by atoms with E-state index >= 15 is 0 Å². The van der Waals surface area contributed by atoms with Crippen molar-refractivity contribution in [2.24, 2.45) is 0 Å². The highest BCUT2D eigenvalue weighted by Gasteiger charge is 1.91. The summed E-state index contributed by atoms with van der Waals surface area (Å²) >= 11 is 0. The SMILES string of the molecule is CC(=O)N[CH]c1ccccc1. The van der Waals surface area contributed by atoms with Gasteiger partial charge >= 0.3 is 0 Å². The van der Waals surface area contributed by atoms with Crippen molar-refractivity contribution in [1.82, 2.24) is 5.32 Å². The highest BCUT2D eigenvalue weighted by molar-refractivity contribution is 5.74. The third kappa shape index (κ3) is 2.85. The molecule has 1 N–H and O–H groups in total. The Kier molecular flexibility index (Phi) is 2.66. The van der Waals surface area contributed by atoms with E-state index in [0.29, 0.717) is 0 Å². The Bertz CT molecular complexity index is 231. The van der Waals surface area contributed by atoms with Crippen molar-refractivity contribution < 1.29 is 4.79 Å². The molecule has 0 aliphatic heterocycles. The summed E-state index contributed by atoms with van der Waals surface area (Å²) in [5, 5.41) is 2.60. The fraction of sp³-hybridized carbons (Fsp3) is 0.111. The minimum atomic E-state index is -0.0474. The molecule has 0 bridgehead atoms. The zero-order chi connectivity index (χ0) is 8.10. The Morgan fingerprint density at radius 1 is 1.36 bits per heavy atom. The van der Waals surface area contributed by atoms with Gasteiger partial charge < -0.3 is 5.32 Å². The zero-order valence-corrected chi connectivity index (χ0v) is 6.37. The second kappa shape index (κ2) is 3.76. The average molecular weight is 148 g/mol. The lowest BCUT2D eigenvalue weighted by atomic mass is 10.2. The monoisotopic (exact) mass is 148 g/mol. The standard InChI is InChI=1S/C9H10NO/c1-8(11)10-7-9-5-3-2-4-6-9/h2-7H,1H3,(H,10,11). The number of hydrogen-bond acceptors (Lipinski definition) is 1. The van der Waals surface area contributed by atoms with Crippen LogP contribution in [-0.4, -0.2) is 5.91 Å². The lowest BCUT2D eigenvalue weighted by molar-refractivity contribution is -0.118. The number of amides is 1. The van der Waals surface area contributed by atoms with Crippen LogP contribution in [0.2, 0.25) is 0 Å². The number of benzene rings is 1. The van der Waals surface area contributed by atoms with Gasteiger partial charge in [0.05, 0.1) is 6.54 Å². The van der Waals surface area contributed by atoms with E-state index in [4.69, 9.17) is 0 Å². The predicted octanol–water partition coefficient (Wildman–Crippen LogP) is 1.33. The average Bonchev–Trinajstić information content (AvgIpc) is 2.03. The van der Waals surface area contributed by atoms with Crippen molar-refractivity contribution in [2.75, 3.05) is 0 Å². The molecule has 0 aliphatic rings. The molecular formula is C9H10NO. The van der Waals surface area contributed by atoms with Crippen LogP contribution in [-0.2, 0) is 4.79 Å². The second-order valence-corrected chi connectivity index (χ2v) is 2.26. The third-order valence-electron chi connectivity index (χ3n) is 1.24. The molecule has 1 radical (unpaired) electrons. The van der Waals surface area contributed by atoms with Crippen LogP contribution in [0.5, 0.6) is 0 Å². The third-order valence-corrected chi connectivity index (χ3v) is 1.24. The minimum absolute atomic E-state index is 0.0474. The van der Waals surface area contributed by atoms with Crippen LogP contribution in [0.25, 0.3) is 0 Å². The summed E-state index contributed by atoms with van der Waals surface area (Å²) in [5.41, 5.74) is 1.00. The maximum absolute atomic E-state index is 10.5. The van der Waals surface area contributed by atoms with Gasteiger partial charge in [0, 0.05) is 6.92 Å². The van der Waals surface area contributed by atoms with Gasteiger partial charge in [0.25, 0.3) is 0 Å². The van der Waals surface area contributed by atoms with Gasteiger partial charge in [0.2, 0.25) is 5.91 Å². The maximum Gasteiger partial charge on any atom is 0.217 e. The molecule has 0 aromatic heterocycles. The molecule has 0 saturated heterocycles. The summed E-state index contributed by atoms with van der Waals surface area (Å²) in [6.07, 6.45) is 0. The number of nitrogens with one attached hydrogen (secondary N) is 1. The van der Waals surface area contributed by atoms with Gasteiger partial charge in [0.1, 0.15) is 0 Å². The molecule has 0 unspecified atom stereocenters. The van der Waals surface area contributed by atoms with Crippen LogP contribution >= 0.6 is 0 Å². The molecule has 0 spiro atoms. The first-order valence-electron chi connectivity index (χ1n) is 3.44. The quantitative estimate of drug-likeness (QED) is 0.673. The molecule has 0 heterocycles. The van der Waals surface area contributed by atoms with Gasteiger partial charge in [-0.1, -0.05) is 30.3 Å². The first kappa shape index (κ1) is 7.79. The van der Waals surface area contributed by atoms with Crippen LogP contribution in [0, 0.1) is 6.54 Å². The summed E-state index contributed by atoms with van der Waals surface area (Å²) < 4.78 is 0. The van der Waals surface area contributed by atoms with Crippen LogP contribution in [0.1, 0.15) is 12.5 Å². The normalized spacial score (nSPS) is 9.18. The van der Waals surface area contributed by atoms with Crippen molar-refractivity contribution >= 4 is 5.91 Å². The first-order chi connectivity index (χ1) is 5.29. The summed E-state index contributed by atoms with van der Waals surface area (Å²) in [5.74, 6) is -0.0474. The minimum Gasteiger partial charge on any atom is -0.347 e. The first-order valence-corrected chi connectivity index (χ1v) is 3.44. The Morgan fingerprint density at radius 2 is 2.00 bits per heavy atom. The van der Waals surface area contributed by atoms with Crippen molar-refractivity contribution in [1.29, 1.82) is 0 Å². The van der Waals surface area contributed by atoms with Crippen LogP contribution < -0.4 is 5.32 Å². The van der Waals surface area contributed by atoms with E-state index in [0.717, 1.165) is 5.56 Å². The largest absolute Gasteiger partial charge is 0.347 e. The van der Waals surface area contributed by atoms with Crippen LogP contribution in [0.3, 0.4) is 0 Å². The molecule has 1 aromatic rings. The molecule has 2 nitrogen and oxygen atoms in total. The summed E-state index contributed by atoms with van der Waals surface area (Å²) in [4.78, 5) is 10.5. The molecular weight excluding hydrogens is 138 g/mol. The lowest BCUT2D eigenvalue weighted by Gasteiger charge is -1.99. The molecule has 1 rings (SSSR count). The molecule has 11 heavy (non-hydrogen) atoms. The van der Waals surface area contributed by atoms with Crippen molar-refractivity contribution in [3.8, 4) is 0 Å². The van der Waals surface area contributed by atoms with E-state index < -0.39 is 0 Å². The topological polar surface area (TPSA) is 29.1 Å². The van der Waals surface area contributed by atoms with Crippen LogP contribution in [0.15, 0.2) is 30.3 Å². The van der Waals surface area contributed by atoms with Gasteiger partial charge in [-0.25, -0.2) is 0 Å². The smallest absolute Gasteiger partial charge is 0.217 e. The Morgan fingerprint density at radius 3 is 2.55 bits per heavy atom. The zero-order valence-electron chi connectivity index (χ0n) is 6.37. The fourth-order valence-electron chi connectivity index (χ4n) is 0.734. The van der Waals surface area contributed by atoms with Gasteiger partial charge in [-0.3, -0.25) is 4.79 Å². The van der Waals surface area contributed by atoms with Crippen molar-refractivity contribution in [2.45, 2.75) is 6.92 Å².